The SMILES string of the molecule is CC(C)CCCCNc1nc2c(Br)cccn2n1. The van der Waals surface area contributed by atoms with E-state index in [1.807, 2.05) is 18.3 Å². The molecule has 4 nitrogen and oxygen atoms in total. The Morgan fingerprint density at radius 2 is 2.22 bits per heavy atom. The summed E-state index contributed by atoms with van der Waals surface area (Å²) in [5, 5.41) is 7.64. The predicted octanol–water partition coefficient (Wildman–Crippen LogP) is 3.73. The summed E-state index contributed by atoms with van der Waals surface area (Å²) in [6, 6.07) is 3.91. The summed E-state index contributed by atoms with van der Waals surface area (Å²) in [4.78, 5) is 4.44. The van der Waals surface area contributed by atoms with Gasteiger partial charge in [0, 0.05) is 12.7 Å². The van der Waals surface area contributed by atoms with Crippen LogP contribution in [0.4, 0.5) is 5.95 Å². The molecule has 2 rings (SSSR count). The van der Waals surface area contributed by atoms with Crippen LogP contribution in [0.2, 0.25) is 0 Å². The first-order chi connectivity index (χ1) is 8.66. The van der Waals surface area contributed by atoms with Crippen molar-refractivity contribution in [2.75, 3.05) is 11.9 Å². The zero-order valence-electron chi connectivity index (χ0n) is 10.9. The van der Waals surface area contributed by atoms with Crippen LogP contribution in [-0.4, -0.2) is 21.1 Å². The van der Waals surface area contributed by atoms with Crippen LogP contribution >= 0.6 is 15.9 Å². The highest BCUT2D eigenvalue weighted by Gasteiger charge is 2.05. The normalized spacial score (nSPS) is 11.3. The quantitative estimate of drug-likeness (QED) is 0.827. The van der Waals surface area contributed by atoms with Crippen LogP contribution in [0.15, 0.2) is 22.8 Å². The van der Waals surface area contributed by atoms with Crippen LogP contribution in [0, 0.1) is 5.92 Å². The summed E-state index contributed by atoms with van der Waals surface area (Å²) in [5.41, 5.74) is 0.849. The van der Waals surface area contributed by atoms with Crippen molar-refractivity contribution >= 4 is 27.5 Å². The second-order valence-corrected chi connectivity index (χ2v) is 5.73. The number of nitrogens with one attached hydrogen (secondary N) is 1. The van der Waals surface area contributed by atoms with Crippen LogP contribution in [0.1, 0.15) is 33.1 Å². The van der Waals surface area contributed by atoms with Gasteiger partial charge in [-0.25, -0.2) is 4.52 Å². The number of halogens is 1. The molecule has 2 heterocycles. The van der Waals surface area contributed by atoms with Crippen molar-refractivity contribution in [2.45, 2.75) is 33.1 Å². The summed E-state index contributed by atoms with van der Waals surface area (Å²) in [6.45, 7) is 5.45. The molecule has 0 amide bonds. The standard InChI is InChI=1S/C13H19BrN4/c1-10(2)6-3-4-8-15-13-16-12-11(14)7-5-9-18(12)17-13/h5,7,9-10H,3-4,6,8H2,1-2H3,(H,15,17). The van der Waals surface area contributed by atoms with Gasteiger partial charge in [0.15, 0.2) is 5.65 Å². The van der Waals surface area contributed by atoms with Crippen molar-refractivity contribution in [3.8, 4) is 0 Å². The third-order valence-corrected chi connectivity index (χ3v) is 3.43. The average Bonchev–Trinajstić information content (AvgIpc) is 2.72. The molecule has 1 N–H and O–H groups in total. The van der Waals surface area contributed by atoms with E-state index in [0.29, 0.717) is 5.95 Å². The molecular weight excluding hydrogens is 292 g/mol. The second-order valence-electron chi connectivity index (χ2n) is 4.88. The van der Waals surface area contributed by atoms with Crippen molar-refractivity contribution in [2.24, 2.45) is 5.92 Å². The van der Waals surface area contributed by atoms with Crippen LogP contribution < -0.4 is 5.32 Å². The van der Waals surface area contributed by atoms with E-state index in [4.69, 9.17) is 0 Å². The van der Waals surface area contributed by atoms with Gasteiger partial charge in [0.2, 0.25) is 5.95 Å². The first kappa shape index (κ1) is 13.3. The number of hydrogen-bond donors (Lipinski definition) is 1. The minimum atomic E-state index is 0.700. The molecule has 0 bridgehead atoms. The lowest BCUT2D eigenvalue weighted by atomic mass is 10.1. The van der Waals surface area contributed by atoms with Gasteiger partial charge in [0.1, 0.15) is 0 Å². The number of rotatable bonds is 6. The highest BCUT2D eigenvalue weighted by molar-refractivity contribution is 9.10. The van der Waals surface area contributed by atoms with Gasteiger partial charge in [-0.2, -0.15) is 4.98 Å². The number of nitrogens with zero attached hydrogens (tertiary/aromatic N) is 3. The first-order valence-electron chi connectivity index (χ1n) is 6.41. The largest absolute Gasteiger partial charge is 0.353 e. The van der Waals surface area contributed by atoms with Crippen LogP contribution in [0.3, 0.4) is 0 Å². The Labute approximate surface area is 116 Å². The molecule has 0 atom stereocenters. The zero-order chi connectivity index (χ0) is 13.0. The molecule has 0 aliphatic heterocycles. The van der Waals surface area contributed by atoms with E-state index in [-0.39, 0.29) is 0 Å². The minimum Gasteiger partial charge on any atom is -0.353 e. The van der Waals surface area contributed by atoms with Gasteiger partial charge >= 0.3 is 0 Å². The molecule has 18 heavy (non-hydrogen) atoms. The minimum absolute atomic E-state index is 0.700. The van der Waals surface area contributed by atoms with Crippen molar-refractivity contribution < 1.29 is 0 Å². The smallest absolute Gasteiger partial charge is 0.243 e. The topological polar surface area (TPSA) is 42.2 Å². The highest BCUT2D eigenvalue weighted by atomic mass is 79.9. The molecule has 2 aromatic rings. The van der Waals surface area contributed by atoms with Gasteiger partial charge < -0.3 is 5.32 Å². The molecule has 0 aromatic carbocycles. The van der Waals surface area contributed by atoms with Gasteiger partial charge in [-0.3, -0.25) is 0 Å². The van der Waals surface area contributed by atoms with E-state index < -0.39 is 0 Å². The van der Waals surface area contributed by atoms with E-state index in [1.54, 1.807) is 4.52 Å². The Morgan fingerprint density at radius 3 is 2.94 bits per heavy atom. The average molecular weight is 311 g/mol. The Bertz CT molecular complexity index is 507. The highest BCUT2D eigenvalue weighted by Crippen LogP contribution is 2.16. The maximum atomic E-state index is 4.44. The van der Waals surface area contributed by atoms with Crippen LogP contribution in [-0.2, 0) is 0 Å². The Morgan fingerprint density at radius 1 is 1.39 bits per heavy atom. The molecule has 0 saturated heterocycles. The maximum Gasteiger partial charge on any atom is 0.243 e. The van der Waals surface area contributed by atoms with Gasteiger partial charge in [0.05, 0.1) is 4.47 Å². The summed E-state index contributed by atoms with van der Waals surface area (Å²) in [7, 11) is 0. The fourth-order valence-corrected chi connectivity index (χ4v) is 2.25. The molecule has 5 heteroatoms. The summed E-state index contributed by atoms with van der Waals surface area (Å²) in [5.74, 6) is 1.49. The molecule has 98 valence electrons. The van der Waals surface area contributed by atoms with Crippen molar-refractivity contribution in [3.05, 3.63) is 22.8 Å². The number of hydrogen-bond acceptors (Lipinski definition) is 3. The second kappa shape index (κ2) is 6.18. The van der Waals surface area contributed by atoms with Gasteiger partial charge in [-0.05, 0) is 40.4 Å². The molecule has 2 aromatic heterocycles. The summed E-state index contributed by atoms with van der Waals surface area (Å²) >= 11 is 3.47. The summed E-state index contributed by atoms with van der Waals surface area (Å²) in [6.07, 6.45) is 5.60. The van der Waals surface area contributed by atoms with Crippen LogP contribution in [0.25, 0.3) is 5.65 Å². The third-order valence-electron chi connectivity index (χ3n) is 2.81. The van der Waals surface area contributed by atoms with E-state index in [1.165, 1.54) is 12.8 Å². The predicted molar refractivity (Wildman–Crippen MR) is 77.9 cm³/mol. The fourth-order valence-electron chi connectivity index (χ4n) is 1.83. The fraction of sp³-hybridized carbons (Fsp3) is 0.538. The van der Waals surface area contributed by atoms with Gasteiger partial charge in [0.25, 0.3) is 0 Å². The first-order valence-corrected chi connectivity index (χ1v) is 7.21. The Hall–Kier alpha value is -1.10. The van der Waals surface area contributed by atoms with Crippen molar-refractivity contribution in [1.29, 1.82) is 0 Å². The van der Waals surface area contributed by atoms with E-state index >= 15 is 0 Å². The van der Waals surface area contributed by atoms with E-state index in [9.17, 15) is 0 Å². The zero-order valence-corrected chi connectivity index (χ0v) is 12.4. The van der Waals surface area contributed by atoms with Crippen LogP contribution in [0.5, 0.6) is 0 Å². The lowest BCUT2D eigenvalue weighted by Gasteiger charge is -2.04. The molecule has 0 aliphatic rings. The van der Waals surface area contributed by atoms with Gasteiger partial charge in [-0.15, -0.1) is 5.10 Å². The number of unbranched alkanes of at least 4 members (excludes halogenated alkanes) is 1. The lowest BCUT2D eigenvalue weighted by molar-refractivity contribution is 0.544. The molecule has 0 radical (unpaired) electrons. The van der Waals surface area contributed by atoms with Crippen molar-refractivity contribution in [3.63, 3.8) is 0 Å². The molecule has 0 spiro atoms. The van der Waals surface area contributed by atoms with Gasteiger partial charge in [-0.1, -0.05) is 26.7 Å². The third kappa shape index (κ3) is 3.45. The number of anilines is 1. The van der Waals surface area contributed by atoms with E-state index in [2.05, 4.69) is 45.2 Å². The van der Waals surface area contributed by atoms with Crippen molar-refractivity contribution in [1.82, 2.24) is 14.6 Å². The number of pyridine rings is 1. The molecule has 0 fully saturated rings. The Kier molecular flexibility index (Phi) is 4.58. The number of aromatic nitrogens is 3. The Balaban J connectivity index is 1.87. The number of fused-ring (bicyclic) bond motifs is 1. The summed E-state index contributed by atoms with van der Waals surface area (Å²) < 4.78 is 2.74. The maximum absolute atomic E-state index is 4.44. The molecular formula is C13H19BrN4. The lowest BCUT2D eigenvalue weighted by Crippen LogP contribution is -2.03. The monoisotopic (exact) mass is 310 g/mol. The van der Waals surface area contributed by atoms with E-state index in [0.717, 1.165) is 29.0 Å². The molecule has 0 unspecified atom stereocenters. The molecule has 0 aliphatic carbocycles. The molecule has 0 saturated carbocycles.